The molecule has 94 valence electrons. The lowest BCUT2D eigenvalue weighted by Crippen LogP contribution is -2.45. The predicted octanol–water partition coefficient (Wildman–Crippen LogP) is 3.31. The van der Waals surface area contributed by atoms with Gasteiger partial charge in [-0.1, -0.05) is 15.9 Å². The summed E-state index contributed by atoms with van der Waals surface area (Å²) in [5.74, 6) is 1.83. The number of hydrogen-bond donors (Lipinski definition) is 2. The third-order valence-corrected chi connectivity index (χ3v) is 5.18. The highest BCUT2D eigenvalue weighted by Crippen LogP contribution is 2.46. The molecule has 2 aliphatic rings. The summed E-state index contributed by atoms with van der Waals surface area (Å²) in [6.07, 6.45) is 3.96. The minimum Gasteiger partial charge on any atom is -0.340 e. The molecule has 4 rings (SSSR count). The Bertz CT molecular complexity index is 621. The van der Waals surface area contributed by atoms with Crippen LogP contribution in [0.4, 0.5) is 0 Å². The van der Waals surface area contributed by atoms with Gasteiger partial charge in [-0.3, -0.25) is 0 Å². The van der Waals surface area contributed by atoms with Crippen LogP contribution in [-0.2, 0) is 5.54 Å². The molecule has 2 unspecified atom stereocenters. The van der Waals surface area contributed by atoms with Gasteiger partial charge in [-0.15, -0.1) is 0 Å². The second-order valence-electron chi connectivity index (χ2n) is 5.80. The molecule has 4 heteroatoms. The number of H-pyrrole nitrogens is 1. The molecule has 3 nitrogen and oxygen atoms in total. The van der Waals surface area contributed by atoms with Crippen LogP contribution in [-0.4, -0.2) is 16.0 Å². The largest absolute Gasteiger partial charge is 0.340 e. The van der Waals surface area contributed by atoms with Crippen molar-refractivity contribution in [2.24, 2.45) is 5.92 Å². The number of fused-ring (bicyclic) bond motifs is 3. The van der Waals surface area contributed by atoms with Crippen LogP contribution in [0, 0.1) is 5.92 Å². The molecule has 0 amide bonds. The lowest BCUT2D eigenvalue weighted by Gasteiger charge is -2.33. The maximum Gasteiger partial charge on any atom is 0.127 e. The Balaban J connectivity index is 1.83. The van der Waals surface area contributed by atoms with Crippen molar-refractivity contribution in [3.8, 4) is 0 Å². The van der Waals surface area contributed by atoms with Crippen LogP contribution in [0.25, 0.3) is 11.0 Å². The van der Waals surface area contributed by atoms with E-state index in [4.69, 9.17) is 4.98 Å². The van der Waals surface area contributed by atoms with E-state index >= 15 is 0 Å². The number of rotatable bonds is 1. The number of hydrogen-bond acceptors (Lipinski definition) is 2. The molecule has 1 aromatic heterocycles. The van der Waals surface area contributed by atoms with E-state index in [2.05, 4.69) is 45.3 Å². The van der Waals surface area contributed by atoms with Crippen molar-refractivity contribution in [1.82, 2.24) is 15.3 Å². The van der Waals surface area contributed by atoms with E-state index in [-0.39, 0.29) is 5.54 Å². The van der Waals surface area contributed by atoms with Gasteiger partial charge >= 0.3 is 0 Å². The number of piperidine rings is 1. The van der Waals surface area contributed by atoms with Crippen LogP contribution in [0.3, 0.4) is 0 Å². The SMILES string of the molecule is CC1(c2nc3ccc(Br)cc3[nH]2)N[C@@H]2CCC1C2. The summed E-state index contributed by atoms with van der Waals surface area (Å²) in [6.45, 7) is 2.30. The Kier molecular flexibility index (Phi) is 2.19. The molecule has 2 heterocycles. The number of aromatic nitrogens is 2. The molecule has 2 N–H and O–H groups in total. The van der Waals surface area contributed by atoms with E-state index in [0.717, 1.165) is 27.2 Å². The summed E-state index contributed by atoms with van der Waals surface area (Å²) in [5.41, 5.74) is 2.21. The molecule has 1 saturated heterocycles. The molecule has 18 heavy (non-hydrogen) atoms. The molecule has 1 aliphatic carbocycles. The molecular weight excluding hydrogens is 290 g/mol. The highest BCUT2D eigenvalue weighted by atomic mass is 79.9. The number of halogens is 1. The standard InChI is InChI=1S/C14H16BrN3/c1-14(8-2-4-10(6-8)18-14)13-16-11-5-3-9(15)7-12(11)17-13/h3,5,7-8,10,18H,2,4,6H2,1H3,(H,16,17)/t8?,10-,14?/m1/s1. The normalized spacial score (nSPS) is 34.6. The molecule has 2 bridgehead atoms. The van der Waals surface area contributed by atoms with Crippen molar-refractivity contribution in [2.75, 3.05) is 0 Å². The monoisotopic (exact) mass is 305 g/mol. The molecule has 0 spiro atoms. The summed E-state index contributed by atoms with van der Waals surface area (Å²) in [5, 5.41) is 3.75. The second-order valence-corrected chi connectivity index (χ2v) is 6.72. The van der Waals surface area contributed by atoms with Gasteiger partial charge in [0.2, 0.25) is 0 Å². The molecule has 1 aromatic carbocycles. The van der Waals surface area contributed by atoms with Crippen molar-refractivity contribution in [2.45, 2.75) is 37.8 Å². The first-order valence-corrected chi connectivity index (χ1v) is 7.38. The van der Waals surface area contributed by atoms with Crippen LogP contribution in [0.2, 0.25) is 0 Å². The zero-order valence-corrected chi connectivity index (χ0v) is 11.9. The van der Waals surface area contributed by atoms with Gasteiger partial charge in [0, 0.05) is 10.5 Å². The van der Waals surface area contributed by atoms with Crippen LogP contribution < -0.4 is 5.32 Å². The van der Waals surface area contributed by atoms with Crippen molar-refractivity contribution in [3.63, 3.8) is 0 Å². The van der Waals surface area contributed by atoms with Crippen molar-refractivity contribution < 1.29 is 0 Å². The average Bonchev–Trinajstić information content (AvgIpc) is 3.00. The van der Waals surface area contributed by atoms with Gasteiger partial charge in [-0.2, -0.15) is 0 Å². The minimum absolute atomic E-state index is 0.0361. The third kappa shape index (κ3) is 1.42. The summed E-state index contributed by atoms with van der Waals surface area (Å²) in [6, 6.07) is 6.90. The summed E-state index contributed by atoms with van der Waals surface area (Å²) < 4.78 is 1.09. The Morgan fingerprint density at radius 1 is 1.39 bits per heavy atom. The van der Waals surface area contributed by atoms with Gasteiger partial charge < -0.3 is 10.3 Å². The average molecular weight is 306 g/mol. The molecule has 2 fully saturated rings. The number of nitrogens with one attached hydrogen (secondary N) is 2. The fraction of sp³-hybridized carbons (Fsp3) is 0.500. The van der Waals surface area contributed by atoms with Gasteiger partial charge in [-0.25, -0.2) is 4.98 Å². The summed E-state index contributed by atoms with van der Waals surface area (Å²) in [4.78, 5) is 8.29. The van der Waals surface area contributed by atoms with E-state index in [0.29, 0.717) is 6.04 Å². The number of nitrogens with zero attached hydrogens (tertiary/aromatic N) is 1. The van der Waals surface area contributed by atoms with Crippen LogP contribution in [0.1, 0.15) is 32.0 Å². The minimum atomic E-state index is 0.0361. The quantitative estimate of drug-likeness (QED) is 0.848. The summed E-state index contributed by atoms with van der Waals surface area (Å²) in [7, 11) is 0. The Morgan fingerprint density at radius 2 is 2.28 bits per heavy atom. The van der Waals surface area contributed by atoms with Crippen LogP contribution in [0.5, 0.6) is 0 Å². The fourth-order valence-corrected chi connectivity index (χ4v) is 4.03. The maximum absolute atomic E-state index is 4.79. The molecule has 2 aromatic rings. The Labute approximate surface area is 115 Å². The van der Waals surface area contributed by atoms with Crippen LogP contribution >= 0.6 is 15.9 Å². The summed E-state index contributed by atoms with van der Waals surface area (Å²) >= 11 is 3.51. The van der Waals surface area contributed by atoms with Crippen molar-refractivity contribution in [1.29, 1.82) is 0 Å². The van der Waals surface area contributed by atoms with Gasteiger partial charge in [0.05, 0.1) is 16.6 Å². The molecule has 3 atom stereocenters. The Morgan fingerprint density at radius 3 is 3.00 bits per heavy atom. The topological polar surface area (TPSA) is 40.7 Å². The molecule has 1 aliphatic heterocycles. The van der Waals surface area contributed by atoms with E-state index in [1.54, 1.807) is 0 Å². The van der Waals surface area contributed by atoms with E-state index in [1.807, 2.05) is 6.07 Å². The number of benzene rings is 1. The predicted molar refractivity (Wildman–Crippen MR) is 75.4 cm³/mol. The smallest absolute Gasteiger partial charge is 0.127 e. The first-order valence-electron chi connectivity index (χ1n) is 6.58. The molecule has 0 radical (unpaired) electrons. The van der Waals surface area contributed by atoms with Gasteiger partial charge in [-0.05, 0) is 50.3 Å². The van der Waals surface area contributed by atoms with Gasteiger partial charge in [0.25, 0.3) is 0 Å². The van der Waals surface area contributed by atoms with E-state index in [1.165, 1.54) is 19.3 Å². The van der Waals surface area contributed by atoms with Gasteiger partial charge in [0.1, 0.15) is 5.82 Å². The zero-order valence-electron chi connectivity index (χ0n) is 10.3. The molecule has 1 saturated carbocycles. The second kappa shape index (κ2) is 3.58. The Hall–Kier alpha value is -0.870. The number of aromatic amines is 1. The van der Waals surface area contributed by atoms with E-state index < -0.39 is 0 Å². The lowest BCUT2D eigenvalue weighted by atomic mass is 9.85. The molecular formula is C14H16BrN3. The highest BCUT2D eigenvalue weighted by molar-refractivity contribution is 9.10. The zero-order chi connectivity index (χ0) is 12.3. The first-order chi connectivity index (χ1) is 8.65. The lowest BCUT2D eigenvalue weighted by molar-refractivity contribution is 0.248. The van der Waals surface area contributed by atoms with E-state index in [9.17, 15) is 0 Å². The number of imidazole rings is 1. The third-order valence-electron chi connectivity index (χ3n) is 4.69. The van der Waals surface area contributed by atoms with Crippen molar-refractivity contribution in [3.05, 3.63) is 28.5 Å². The van der Waals surface area contributed by atoms with Crippen molar-refractivity contribution >= 4 is 27.0 Å². The maximum atomic E-state index is 4.79. The van der Waals surface area contributed by atoms with Gasteiger partial charge in [0.15, 0.2) is 0 Å². The first kappa shape index (κ1) is 11.0. The fourth-order valence-electron chi connectivity index (χ4n) is 3.67. The van der Waals surface area contributed by atoms with Crippen LogP contribution in [0.15, 0.2) is 22.7 Å². The highest BCUT2D eigenvalue weighted by Gasteiger charge is 2.50.